The van der Waals surface area contributed by atoms with Gasteiger partial charge in [0.15, 0.2) is 0 Å². The smallest absolute Gasteiger partial charge is 0.320 e. The molecule has 0 fully saturated rings. The molecule has 5 heteroatoms. The fraction of sp³-hybridized carbons (Fsp3) is 0.471. The highest BCUT2D eigenvalue weighted by Crippen LogP contribution is 2.26. The molecular weight excluding hydrogens is 280 g/mol. The van der Waals surface area contributed by atoms with Gasteiger partial charge >= 0.3 is 5.97 Å². The number of carboxylic acids is 1. The van der Waals surface area contributed by atoms with Crippen molar-refractivity contribution in [3.8, 4) is 5.75 Å². The second-order valence-electron chi connectivity index (χ2n) is 4.30. The van der Waals surface area contributed by atoms with E-state index in [-0.39, 0.29) is 0 Å². The molecule has 0 bridgehead atoms. The summed E-state index contributed by atoms with van der Waals surface area (Å²) < 4.78 is 7.14. The molecule has 0 aliphatic heterocycles. The van der Waals surface area contributed by atoms with Gasteiger partial charge in [-0.3, -0.25) is 4.79 Å². The lowest BCUT2D eigenvalue weighted by Gasteiger charge is -2.05. The summed E-state index contributed by atoms with van der Waals surface area (Å²) in [6.07, 6.45) is 2.22. The predicted molar refractivity (Wildman–Crippen MR) is 91.5 cm³/mol. The van der Waals surface area contributed by atoms with Gasteiger partial charge in [0.25, 0.3) is 0 Å². The lowest BCUT2D eigenvalue weighted by molar-refractivity contribution is -0.138. The zero-order valence-electron chi connectivity index (χ0n) is 14.4. The molecular formula is C17H28N2O3. The summed E-state index contributed by atoms with van der Waals surface area (Å²) >= 11 is 0. The van der Waals surface area contributed by atoms with E-state index < -0.39 is 12.0 Å². The predicted octanol–water partition coefficient (Wildman–Crippen LogP) is 3.19. The largest absolute Gasteiger partial charge is 0.497 e. The Bertz CT molecular complexity index is 591. The molecule has 0 radical (unpaired) electrons. The minimum Gasteiger partial charge on any atom is -0.497 e. The van der Waals surface area contributed by atoms with Gasteiger partial charge in [-0.25, -0.2) is 0 Å². The number of carbonyl (C=O) groups is 1. The van der Waals surface area contributed by atoms with Crippen LogP contribution in [-0.2, 0) is 18.3 Å². The fourth-order valence-corrected chi connectivity index (χ4v) is 2.07. The molecule has 3 N–H and O–H groups in total. The van der Waals surface area contributed by atoms with Crippen LogP contribution in [0.15, 0.2) is 24.4 Å². The van der Waals surface area contributed by atoms with Crippen molar-refractivity contribution in [2.24, 2.45) is 12.8 Å². The van der Waals surface area contributed by atoms with Crippen LogP contribution < -0.4 is 10.5 Å². The Morgan fingerprint density at radius 1 is 1.32 bits per heavy atom. The van der Waals surface area contributed by atoms with Gasteiger partial charge in [-0.15, -0.1) is 0 Å². The molecule has 0 saturated heterocycles. The first kappa shape index (κ1) is 20.0. The summed E-state index contributed by atoms with van der Waals surface area (Å²) in [6, 6.07) is 4.84. The van der Waals surface area contributed by atoms with E-state index in [2.05, 4.69) is 0 Å². The Hall–Kier alpha value is -2.01. The number of benzene rings is 1. The van der Waals surface area contributed by atoms with E-state index in [1.54, 1.807) is 7.11 Å². The molecule has 0 aliphatic carbocycles. The fourth-order valence-electron chi connectivity index (χ4n) is 2.07. The molecule has 2 aromatic rings. The van der Waals surface area contributed by atoms with Crippen molar-refractivity contribution < 1.29 is 14.6 Å². The molecule has 1 aromatic carbocycles. The Morgan fingerprint density at radius 3 is 2.41 bits per heavy atom. The third-order valence-electron chi connectivity index (χ3n) is 3.04. The first-order valence-corrected chi connectivity index (χ1v) is 7.63. The van der Waals surface area contributed by atoms with Gasteiger partial charge in [0.05, 0.1) is 7.11 Å². The average molecular weight is 308 g/mol. The zero-order valence-corrected chi connectivity index (χ0v) is 14.4. The minimum absolute atomic E-state index is 0.305. The van der Waals surface area contributed by atoms with E-state index >= 15 is 0 Å². The highest BCUT2D eigenvalue weighted by molar-refractivity contribution is 5.86. The van der Waals surface area contributed by atoms with Crippen molar-refractivity contribution in [3.05, 3.63) is 30.0 Å². The lowest BCUT2D eigenvalue weighted by Crippen LogP contribution is -2.32. The number of hydrogen-bond donors (Lipinski definition) is 2. The Morgan fingerprint density at radius 2 is 1.91 bits per heavy atom. The molecule has 1 atom stereocenters. The third-order valence-corrected chi connectivity index (χ3v) is 3.04. The van der Waals surface area contributed by atoms with E-state index in [0.29, 0.717) is 6.42 Å². The first-order chi connectivity index (χ1) is 10.5. The van der Waals surface area contributed by atoms with Crippen LogP contribution in [0.25, 0.3) is 10.9 Å². The molecule has 0 aliphatic rings. The number of carboxylic acid groups (broad SMARTS) is 1. The van der Waals surface area contributed by atoms with Gasteiger partial charge in [0.1, 0.15) is 11.8 Å². The van der Waals surface area contributed by atoms with Crippen LogP contribution in [-0.4, -0.2) is 28.8 Å². The summed E-state index contributed by atoms with van der Waals surface area (Å²) in [4.78, 5) is 10.8. The van der Waals surface area contributed by atoms with E-state index in [0.717, 1.165) is 22.2 Å². The molecule has 2 rings (SSSR count). The first-order valence-electron chi connectivity index (χ1n) is 7.63. The molecule has 0 spiro atoms. The highest BCUT2D eigenvalue weighted by Gasteiger charge is 2.16. The summed E-state index contributed by atoms with van der Waals surface area (Å²) in [5, 5.41) is 9.85. The highest BCUT2D eigenvalue weighted by atomic mass is 16.5. The van der Waals surface area contributed by atoms with Crippen molar-refractivity contribution in [2.45, 2.75) is 40.2 Å². The number of aryl methyl sites for hydroxylation is 1. The van der Waals surface area contributed by atoms with Crippen LogP contribution in [0.2, 0.25) is 0 Å². The monoisotopic (exact) mass is 308 g/mol. The van der Waals surface area contributed by atoms with Gasteiger partial charge in [-0.1, -0.05) is 27.7 Å². The zero-order chi connectivity index (χ0) is 17.3. The second kappa shape index (κ2) is 9.84. The topological polar surface area (TPSA) is 77.5 Å². The Kier molecular flexibility index (Phi) is 8.94. The maximum Gasteiger partial charge on any atom is 0.320 e. The van der Waals surface area contributed by atoms with Crippen molar-refractivity contribution in [2.75, 3.05) is 7.11 Å². The number of hydrogen-bond acceptors (Lipinski definition) is 3. The SMILES string of the molecule is CC.CC.COc1ccc2c(c1)c(CC(N)C(=O)O)cn2C. The molecule has 0 saturated carbocycles. The van der Waals surface area contributed by atoms with Gasteiger partial charge in [0.2, 0.25) is 0 Å². The van der Waals surface area contributed by atoms with E-state index in [1.165, 1.54) is 0 Å². The van der Waals surface area contributed by atoms with Crippen molar-refractivity contribution in [1.29, 1.82) is 0 Å². The number of nitrogens with zero attached hydrogens (tertiary/aromatic N) is 1. The van der Waals surface area contributed by atoms with Gasteiger partial charge in [-0.2, -0.15) is 0 Å². The van der Waals surface area contributed by atoms with E-state index in [9.17, 15) is 4.79 Å². The number of ether oxygens (including phenoxy) is 1. The quantitative estimate of drug-likeness (QED) is 0.909. The Balaban J connectivity index is 0.00000102. The van der Waals surface area contributed by atoms with Crippen LogP contribution in [0.4, 0.5) is 0 Å². The molecule has 0 amide bonds. The number of nitrogens with two attached hydrogens (primary N) is 1. The number of fused-ring (bicyclic) bond motifs is 1. The molecule has 22 heavy (non-hydrogen) atoms. The molecule has 1 aromatic heterocycles. The molecule has 1 unspecified atom stereocenters. The maximum atomic E-state index is 10.8. The van der Waals surface area contributed by atoms with Crippen LogP contribution in [0.3, 0.4) is 0 Å². The summed E-state index contributed by atoms with van der Waals surface area (Å²) in [7, 11) is 3.53. The standard InChI is InChI=1S/C13H16N2O3.2C2H6/c1-15-7-8(5-11(14)13(16)17)10-6-9(18-2)3-4-12(10)15;2*1-2/h3-4,6-7,11H,5,14H2,1-2H3,(H,16,17);2*1-2H3. The number of rotatable bonds is 4. The molecule has 5 nitrogen and oxygen atoms in total. The van der Waals surface area contributed by atoms with Crippen molar-refractivity contribution >= 4 is 16.9 Å². The number of aliphatic carboxylic acids is 1. The van der Waals surface area contributed by atoms with Crippen LogP contribution >= 0.6 is 0 Å². The minimum atomic E-state index is -0.991. The maximum absolute atomic E-state index is 10.8. The van der Waals surface area contributed by atoms with E-state index in [1.807, 2.05) is 63.7 Å². The average Bonchev–Trinajstić information content (AvgIpc) is 2.86. The molecule has 124 valence electrons. The third kappa shape index (κ3) is 4.77. The lowest BCUT2D eigenvalue weighted by atomic mass is 10.1. The number of aromatic nitrogens is 1. The summed E-state index contributed by atoms with van der Waals surface area (Å²) in [5.74, 6) is -0.242. The second-order valence-corrected chi connectivity index (χ2v) is 4.30. The van der Waals surface area contributed by atoms with Gasteiger partial charge < -0.3 is 20.1 Å². The summed E-state index contributed by atoms with van der Waals surface area (Å²) in [6.45, 7) is 8.00. The van der Waals surface area contributed by atoms with E-state index in [4.69, 9.17) is 15.6 Å². The summed E-state index contributed by atoms with van der Waals surface area (Å²) in [5.41, 5.74) is 7.53. The normalized spacial score (nSPS) is 10.9. The van der Waals surface area contributed by atoms with Crippen molar-refractivity contribution in [1.82, 2.24) is 4.57 Å². The van der Waals surface area contributed by atoms with Crippen LogP contribution in [0.5, 0.6) is 5.75 Å². The van der Waals surface area contributed by atoms with Crippen LogP contribution in [0.1, 0.15) is 33.3 Å². The van der Waals surface area contributed by atoms with Gasteiger partial charge in [-0.05, 0) is 23.8 Å². The van der Waals surface area contributed by atoms with Gasteiger partial charge in [0, 0.05) is 30.6 Å². The van der Waals surface area contributed by atoms with Crippen molar-refractivity contribution in [3.63, 3.8) is 0 Å². The van der Waals surface area contributed by atoms with Crippen LogP contribution in [0, 0.1) is 0 Å². The Labute approximate surface area is 132 Å². The number of methoxy groups -OCH3 is 1. The molecule has 1 heterocycles.